The Morgan fingerprint density at radius 2 is 1.95 bits per heavy atom. The summed E-state index contributed by atoms with van der Waals surface area (Å²) >= 11 is 0. The quantitative estimate of drug-likeness (QED) is 0.850. The van der Waals surface area contributed by atoms with E-state index in [4.69, 9.17) is 14.6 Å². The van der Waals surface area contributed by atoms with Crippen molar-refractivity contribution in [2.24, 2.45) is 12.1 Å². The monoisotopic (exact) mass is 298 g/mol. The minimum atomic E-state index is 0.233. The van der Waals surface area contributed by atoms with Gasteiger partial charge < -0.3 is 9.47 Å². The molecular formula is C16H18N4O2. The molecule has 0 bridgehead atoms. The van der Waals surface area contributed by atoms with Gasteiger partial charge in [0.25, 0.3) is 0 Å². The van der Waals surface area contributed by atoms with E-state index in [1.807, 2.05) is 54.4 Å². The molecule has 0 saturated carbocycles. The van der Waals surface area contributed by atoms with Crippen molar-refractivity contribution >= 4 is 5.71 Å². The highest BCUT2D eigenvalue weighted by Gasteiger charge is 2.27. The normalized spacial score (nSPS) is 20.2. The number of aryl methyl sites for hydroxylation is 1. The van der Waals surface area contributed by atoms with E-state index in [2.05, 4.69) is 5.10 Å². The van der Waals surface area contributed by atoms with Gasteiger partial charge in [0.1, 0.15) is 13.2 Å². The zero-order valence-corrected chi connectivity index (χ0v) is 12.7. The Morgan fingerprint density at radius 1 is 1.14 bits per heavy atom. The fraction of sp³-hybridized carbons (Fsp3) is 0.375. The summed E-state index contributed by atoms with van der Waals surface area (Å²) in [6, 6.07) is 6.26. The van der Waals surface area contributed by atoms with Crippen molar-refractivity contribution in [3.05, 3.63) is 41.7 Å². The number of ether oxygens (including phenoxy) is 2. The van der Waals surface area contributed by atoms with E-state index in [1.54, 1.807) is 0 Å². The van der Waals surface area contributed by atoms with Gasteiger partial charge in [0, 0.05) is 37.8 Å². The molecule has 0 saturated heterocycles. The molecule has 0 amide bonds. The van der Waals surface area contributed by atoms with Gasteiger partial charge in [-0.05, 0) is 18.2 Å². The Hall–Kier alpha value is -2.50. The lowest BCUT2D eigenvalue weighted by Gasteiger charge is -2.18. The van der Waals surface area contributed by atoms with E-state index >= 15 is 0 Å². The first-order chi connectivity index (χ1) is 10.7. The van der Waals surface area contributed by atoms with Crippen molar-refractivity contribution in [1.29, 1.82) is 0 Å². The maximum atomic E-state index is 5.66. The van der Waals surface area contributed by atoms with E-state index in [0.717, 1.165) is 29.2 Å². The zero-order valence-electron chi connectivity index (χ0n) is 12.7. The Morgan fingerprint density at radius 3 is 2.73 bits per heavy atom. The van der Waals surface area contributed by atoms with Crippen molar-refractivity contribution < 1.29 is 9.47 Å². The van der Waals surface area contributed by atoms with Gasteiger partial charge in [-0.2, -0.15) is 10.2 Å². The van der Waals surface area contributed by atoms with Gasteiger partial charge in [0.05, 0.1) is 18.0 Å². The van der Waals surface area contributed by atoms with Crippen LogP contribution in [-0.4, -0.2) is 40.8 Å². The van der Waals surface area contributed by atoms with Crippen LogP contribution in [0.2, 0.25) is 0 Å². The van der Waals surface area contributed by atoms with E-state index in [1.165, 1.54) is 5.56 Å². The Kier molecular flexibility index (Phi) is 3.03. The molecule has 0 spiro atoms. The number of benzene rings is 1. The van der Waals surface area contributed by atoms with E-state index in [-0.39, 0.29) is 6.04 Å². The first kappa shape index (κ1) is 13.2. The molecule has 1 unspecified atom stereocenters. The van der Waals surface area contributed by atoms with Gasteiger partial charge in [0.2, 0.25) is 0 Å². The molecule has 3 heterocycles. The zero-order chi connectivity index (χ0) is 15.1. The predicted octanol–water partition coefficient (Wildman–Crippen LogP) is 1.97. The van der Waals surface area contributed by atoms with Crippen molar-refractivity contribution in [3.8, 4) is 11.5 Å². The van der Waals surface area contributed by atoms with Crippen molar-refractivity contribution in [1.82, 2.24) is 14.8 Å². The number of fused-ring (bicyclic) bond motifs is 1. The number of hydrogen-bond acceptors (Lipinski definition) is 5. The summed E-state index contributed by atoms with van der Waals surface area (Å²) in [5, 5.41) is 10.9. The van der Waals surface area contributed by atoms with Gasteiger partial charge >= 0.3 is 0 Å². The van der Waals surface area contributed by atoms with Crippen LogP contribution in [0.3, 0.4) is 0 Å². The standard InChI is InChI=1S/C16H18N4O2/c1-19-10-12(9-17-19)14-8-13(18-20(14)2)11-3-4-15-16(7-11)22-6-5-21-15/h3-4,7,9-10,14H,5-6,8H2,1-2H3. The lowest BCUT2D eigenvalue weighted by molar-refractivity contribution is 0.171. The van der Waals surface area contributed by atoms with Crippen LogP contribution in [0.4, 0.5) is 0 Å². The minimum Gasteiger partial charge on any atom is -0.486 e. The van der Waals surface area contributed by atoms with Crippen LogP contribution >= 0.6 is 0 Å². The highest BCUT2D eigenvalue weighted by atomic mass is 16.6. The third-order valence-electron chi connectivity index (χ3n) is 4.10. The average molecular weight is 298 g/mol. The second kappa shape index (κ2) is 5.05. The Labute approximate surface area is 128 Å². The minimum absolute atomic E-state index is 0.233. The second-order valence-corrected chi connectivity index (χ2v) is 5.65. The van der Waals surface area contributed by atoms with Crippen molar-refractivity contribution in [2.45, 2.75) is 12.5 Å². The first-order valence-corrected chi connectivity index (χ1v) is 7.39. The second-order valence-electron chi connectivity index (χ2n) is 5.65. The van der Waals surface area contributed by atoms with Gasteiger partial charge in [-0.1, -0.05) is 0 Å². The first-order valence-electron chi connectivity index (χ1n) is 7.39. The Balaban J connectivity index is 1.60. The summed E-state index contributed by atoms with van der Waals surface area (Å²) in [6.07, 6.45) is 4.81. The number of hydrogen-bond donors (Lipinski definition) is 0. The van der Waals surface area contributed by atoms with Crippen LogP contribution in [0.5, 0.6) is 11.5 Å². The molecule has 1 aromatic carbocycles. The van der Waals surface area contributed by atoms with Gasteiger partial charge in [-0.3, -0.25) is 9.69 Å². The van der Waals surface area contributed by atoms with E-state index < -0.39 is 0 Å². The molecule has 0 aliphatic carbocycles. The SMILES string of the molecule is CN1N=C(c2ccc3c(c2)OCCO3)CC1c1cnn(C)c1. The largest absolute Gasteiger partial charge is 0.486 e. The molecule has 0 fully saturated rings. The highest BCUT2D eigenvalue weighted by molar-refractivity contribution is 6.02. The molecule has 114 valence electrons. The summed E-state index contributed by atoms with van der Waals surface area (Å²) in [5.41, 5.74) is 3.33. The van der Waals surface area contributed by atoms with Gasteiger partial charge in [0.15, 0.2) is 11.5 Å². The molecule has 22 heavy (non-hydrogen) atoms. The molecule has 1 atom stereocenters. The molecule has 2 aliphatic rings. The van der Waals surface area contributed by atoms with E-state index in [0.29, 0.717) is 13.2 Å². The molecule has 0 N–H and O–H groups in total. The maximum absolute atomic E-state index is 5.66. The van der Waals surface area contributed by atoms with Gasteiger partial charge in [-0.25, -0.2) is 0 Å². The van der Waals surface area contributed by atoms with Crippen molar-refractivity contribution in [3.63, 3.8) is 0 Å². The summed E-state index contributed by atoms with van der Waals surface area (Å²) in [4.78, 5) is 0. The lowest BCUT2D eigenvalue weighted by Crippen LogP contribution is -2.15. The van der Waals surface area contributed by atoms with Crippen LogP contribution in [-0.2, 0) is 7.05 Å². The number of nitrogens with zero attached hydrogens (tertiary/aromatic N) is 4. The van der Waals surface area contributed by atoms with Crippen molar-refractivity contribution in [2.75, 3.05) is 20.3 Å². The summed E-state index contributed by atoms with van der Waals surface area (Å²) in [5.74, 6) is 1.62. The topological polar surface area (TPSA) is 51.9 Å². The molecule has 2 aromatic rings. The molecule has 1 aromatic heterocycles. The van der Waals surface area contributed by atoms with Crippen LogP contribution in [0, 0.1) is 0 Å². The smallest absolute Gasteiger partial charge is 0.162 e. The fourth-order valence-corrected chi connectivity index (χ4v) is 2.96. The molecular weight excluding hydrogens is 280 g/mol. The molecule has 4 rings (SSSR count). The van der Waals surface area contributed by atoms with Crippen LogP contribution in [0.15, 0.2) is 35.7 Å². The highest BCUT2D eigenvalue weighted by Crippen LogP contribution is 2.35. The average Bonchev–Trinajstić information content (AvgIpc) is 3.12. The molecule has 6 heteroatoms. The van der Waals surface area contributed by atoms with Crippen LogP contribution < -0.4 is 9.47 Å². The third kappa shape index (κ3) is 2.20. The molecule has 0 radical (unpaired) electrons. The van der Waals surface area contributed by atoms with E-state index in [9.17, 15) is 0 Å². The molecule has 2 aliphatic heterocycles. The van der Waals surface area contributed by atoms with Crippen LogP contribution in [0.25, 0.3) is 0 Å². The summed E-state index contributed by atoms with van der Waals surface area (Å²) < 4.78 is 13.1. The Bertz CT molecular complexity index is 737. The third-order valence-corrected chi connectivity index (χ3v) is 4.10. The number of rotatable bonds is 2. The van der Waals surface area contributed by atoms with Gasteiger partial charge in [-0.15, -0.1) is 0 Å². The fourth-order valence-electron chi connectivity index (χ4n) is 2.96. The van der Waals surface area contributed by atoms with Crippen LogP contribution in [0.1, 0.15) is 23.6 Å². The lowest BCUT2D eigenvalue weighted by atomic mass is 10.0. The molecule has 6 nitrogen and oxygen atoms in total. The maximum Gasteiger partial charge on any atom is 0.162 e. The number of hydrazone groups is 1. The summed E-state index contributed by atoms with van der Waals surface area (Å²) in [7, 11) is 3.93. The summed E-state index contributed by atoms with van der Waals surface area (Å²) in [6.45, 7) is 1.21. The number of aromatic nitrogens is 2. The predicted molar refractivity (Wildman–Crippen MR) is 82.3 cm³/mol.